The van der Waals surface area contributed by atoms with Crippen molar-refractivity contribution in [2.24, 2.45) is 0 Å². The van der Waals surface area contributed by atoms with Crippen molar-refractivity contribution >= 4 is 15.8 Å². The van der Waals surface area contributed by atoms with Gasteiger partial charge in [0.1, 0.15) is 5.82 Å². The third-order valence-electron chi connectivity index (χ3n) is 2.45. The van der Waals surface area contributed by atoms with Crippen LogP contribution >= 0.6 is 0 Å². The number of hydrogen-bond acceptors (Lipinski definition) is 5. The molecule has 0 aromatic carbocycles. The molecule has 0 atom stereocenters. The van der Waals surface area contributed by atoms with Crippen LogP contribution in [0.1, 0.15) is 12.5 Å². The maximum Gasteiger partial charge on any atom is 0.259 e. The Hall–Kier alpha value is -1.87. The highest BCUT2D eigenvalue weighted by molar-refractivity contribution is 7.89. The molecule has 0 aliphatic heterocycles. The van der Waals surface area contributed by atoms with E-state index in [1.807, 2.05) is 6.92 Å². The van der Waals surface area contributed by atoms with Gasteiger partial charge in [0.05, 0.1) is 12.5 Å². The van der Waals surface area contributed by atoms with Gasteiger partial charge < -0.3 is 10.3 Å². The monoisotopic (exact) mass is 270 g/mol. The summed E-state index contributed by atoms with van der Waals surface area (Å²) in [6.45, 7) is 2.64. The normalized spacial score (nSPS) is 11.8. The van der Waals surface area contributed by atoms with Crippen molar-refractivity contribution in [2.75, 3.05) is 5.73 Å². The first kappa shape index (κ1) is 12.6. The first-order chi connectivity index (χ1) is 8.53. The zero-order chi connectivity index (χ0) is 13.2. The van der Waals surface area contributed by atoms with Crippen LogP contribution in [0.3, 0.4) is 0 Å². The number of rotatable bonds is 5. The van der Waals surface area contributed by atoms with Crippen LogP contribution in [0.2, 0.25) is 0 Å². The van der Waals surface area contributed by atoms with Gasteiger partial charge in [0, 0.05) is 24.8 Å². The van der Waals surface area contributed by atoms with Gasteiger partial charge in [-0.3, -0.25) is 5.10 Å². The quantitative estimate of drug-likeness (QED) is 0.688. The van der Waals surface area contributed by atoms with Crippen molar-refractivity contribution in [3.05, 3.63) is 24.3 Å². The Morgan fingerprint density at radius 1 is 1.56 bits per heavy atom. The van der Waals surface area contributed by atoms with Crippen LogP contribution in [0, 0.1) is 0 Å². The fourth-order valence-corrected chi connectivity index (χ4v) is 2.31. The molecule has 0 saturated carbocycles. The van der Waals surface area contributed by atoms with Gasteiger partial charge in [-0.15, -0.1) is 0 Å². The fourth-order valence-electron chi connectivity index (χ4n) is 1.36. The third-order valence-corrected chi connectivity index (χ3v) is 3.74. The Kier molecular flexibility index (Phi) is 3.34. The van der Waals surface area contributed by atoms with Crippen molar-refractivity contribution in [1.29, 1.82) is 0 Å². The van der Waals surface area contributed by atoms with Crippen molar-refractivity contribution in [3.8, 4) is 0 Å². The molecule has 0 amide bonds. The predicted octanol–water partition coefficient (Wildman–Crippen LogP) is -0.313. The van der Waals surface area contributed by atoms with Crippen molar-refractivity contribution < 1.29 is 8.42 Å². The predicted molar refractivity (Wildman–Crippen MR) is 64.9 cm³/mol. The Bertz CT molecular complexity index is 629. The van der Waals surface area contributed by atoms with Gasteiger partial charge in [0.2, 0.25) is 0 Å². The molecule has 0 aliphatic carbocycles. The van der Waals surface area contributed by atoms with Gasteiger partial charge in [-0.25, -0.2) is 18.1 Å². The summed E-state index contributed by atoms with van der Waals surface area (Å²) < 4.78 is 27.9. The molecule has 2 aromatic heterocycles. The Morgan fingerprint density at radius 2 is 2.33 bits per heavy atom. The minimum atomic E-state index is -3.62. The number of aromatic amines is 1. The summed E-state index contributed by atoms with van der Waals surface area (Å²) in [4.78, 5) is 3.84. The van der Waals surface area contributed by atoms with Gasteiger partial charge in [-0.2, -0.15) is 5.10 Å². The number of imidazole rings is 1. The SMILES string of the molecule is CCn1cnc(S(=O)(=O)NCc2cn[nH]c2N)c1. The number of nitrogens with zero attached hydrogens (tertiary/aromatic N) is 3. The maximum absolute atomic E-state index is 11.9. The Balaban J connectivity index is 2.10. The van der Waals surface area contributed by atoms with Crippen LogP contribution in [0.5, 0.6) is 0 Å². The number of nitrogens with two attached hydrogens (primary N) is 1. The van der Waals surface area contributed by atoms with Crippen LogP contribution in [0.25, 0.3) is 0 Å². The van der Waals surface area contributed by atoms with Crippen LogP contribution in [0.15, 0.2) is 23.7 Å². The number of H-pyrrole nitrogens is 1. The second-order valence-corrected chi connectivity index (χ2v) is 5.39. The standard InChI is InChI=1S/C9H14N6O2S/c1-2-15-5-8(11-6-15)18(16,17)13-4-7-3-12-14-9(7)10/h3,5-6,13H,2,4H2,1H3,(H3,10,12,14). The molecule has 0 saturated heterocycles. The van der Waals surface area contributed by atoms with E-state index in [1.165, 1.54) is 18.7 Å². The van der Waals surface area contributed by atoms with E-state index in [9.17, 15) is 8.42 Å². The van der Waals surface area contributed by atoms with E-state index in [4.69, 9.17) is 5.73 Å². The number of sulfonamides is 1. The van der Waals surface area contributed by atoms with Gasteiger partial charge in [0.25, 0.3) is 10.0 Å². The largest absolute Gasteiger partial charge is 0.384 e. The number of hydrogen-bond donors (Lipinski definition) is 3. The van der Waals surface area contributed by atoms with E-state index in [-0.39, 0.29) is 11.6 Å². The molecular formula is C9H14N6O2S. The molecule has 4 N–H and O–H groups in total. The van der Waals surface area contributed by atoms with E-state index < -0.39 is 10.0 Å². The van der Waals surface area contributed by atoms with Crippen LogP contribution < -0.4 is 10.5 Å². The van der Waals surface area contributed by atoms with Gasteiger partial charge >= 0.3 is 0 Å². The summed E-state index contributed by atoms with van der Waals surface area (Å²) in [5, 5.41) is 6.23. The molecule has 9 heteroatoms. The second-order valence-electron chi connectivity index (χ2n) is 3.68. The molecular weight excluding hydrogens is 256 g/mol. The summed E-state index contributed by atoms with van der Waals surface area (Å²) in [5.41, 5.74) is 6.15. The second kappa shape index (κ2) is 4.78. The van der Waals surface area contributed by atoms with E-state index >= 15 is 0 Å². The lowest BCUT2D eigenvalue weighted by molar-refractivity contribution is 0.578. The number of nitrogen functional groups attached to an aromatic ring is 1. The van der Waals surface area contributed by atoms with Gasteiger partial charge in [-0.1, -0.05) is 0 Å². The smallest absolute Gasteiger partial charge is 0.259 e. The zero-order valence-corrected chi connectivity index (χ0v) is 10.6. The third kappa shape index (κ3) is 2.51. The Labute approximate surface area is 104 Å². The minimum Gasteiger partial charge on any atom is -0.384 e. The molecule has 2 aromatic rings. The molecule has 0 radical (unpaired) electrons. The van der Waals surface area contributed by atoms with Crippen LogP contribution in [-0.2, 0) is 23.1 Å². The molecule has 98 valence electrons. The Morgan fingerprint density at radius 3 is 2.89 bits per heavy atom. The fraction of sp³-hybridized carbons (Fsp3) is 0.333. The van der Waals surface area contributed by atoms with Crippen molar-refractivity contribution in [1.82, 2.24) is 24.5 Å². The first-order valence-corrected chi connectivity index (χ1v) is 6.80. The lowest BCUT2D eigenvalue weighted by atomic mass is 10.3. The van der Waals surface area contributed by atoms with Crippen LogP contribution in [-0.4, -0.2) is 28.2 Å². The highest BCUT2D eigenvalue weighted by atomic mass is 32.2. The molecule has 0 fully saturated rings. The molecule has 0 unspecified atom stereocenters. The van der Waals surface area contributed by atoms with E-state index in [1.54, 1.807) is 4.57 Å². The van der Waals surface area contributed by atoms with Crippen molar-refractivity contribution in [3.63, 3.8) is 0 Å². The van der Waals surface area contributed by atoms with E-state index in [2.05, 4.69) is 19.9 Å². The van der Waals surface area contributed by atoms with Crippen molar-refractivity contribution in [2.45, 2.75) is 25.0 Å². The molecule has 0 aliphatic rings. The number of anilines is 1. The summed E-state index contributed by atoms with van der Waals surface area (Å²) in [5.74, 6) is 0.344. The summed E-state index contributed by atoms with van der Waals surface area (Å²) in [6, 6.07) is 0. The maximum atomic E-state index is 11.9. The number of aromatic nitrogens is 4. The lowest BCUT2D eigenvalue weighted by Gasteiger charge is -2.02. The molecule has 0 bridgehead atoms. The molecule has 18 heavy (non-hydrogen) atoms. The first-order valence-electron chi connectivity index (χ1n) is 5.32. The highest BCUT2D eigenvalue weighted by Gasteiger charge is 2.17. The number of aryl methyl sites for hydroxylation is 1. The molecule has 2 rings (SSSR count). The van der Waals surface area contributed by atoms with E-state index in [0.29, 0.717) is 17.9 Å². The highest BCUT2D eigenvalue weighted by Crippen LogP contribution is 2.09. The zero-order valence-electron chi connectivity index (χ0n) is 9.79. The number of nitrogens with one attached hydrogen (secondary N) is 2. The molecule has 0 spiro atoms. The van der Waals surface area contributed by atoms with Gasteiger partial charge in [-0.05, 0) is 6.92 Å². The van der Waals surface area contributed by atoms with Gasteiger partial charge in [0.15, 0.2) is 5.03 Å². The summed E-state index contributed by atoms with van der Waals surface area (Å²) in [6.07, 6.45) is 4.42. The molecule has 2 heterocycles. The van der Waals surface area contributed by atoms with Crippen LogP contribution in [0.4, 0.5) is 5.82 Å². The summed E-state index contributed by atoms with van der Waals surface area (Å²) >= 11 is 0. The molecule has 8 nitrogen and oxygen atoms in total. The minimum absolute atomic E-state index is 0.00795. The van der Waals surface area contributed by atoms with E-state index in [0.717, 1.165) is 0 Å². The lowest BCUT2D eigenvalue weighted by Crippen LogP contribution is -2.23. The average Bonchev–Trinajstić information content (AvgIpc) is 2.95. The average molecular weight is 270 g/mol. The topological polar surface area (TPSA) is 119 Å². The summed E-state index contributed by atoms with van der Waals surface area (Å²) in [7, 11) is -3.62.